The lowest BCUT2D eigenvalue weighted by molar-refractivity contribution is -0.138. The molecule has 156 valence electrons. The molecular weight excluding hydrogens is 384 g/mol. The summed E-state index contributed by atoms with van der Waals surface area (Å²) < 4.78 is 0. The molecule has 2 unspecified atom stereocenters. The fraction of sp³-hybridized carbons (Fsp3) is 0.273. The Morgan fingerprint density at radius 1 is 1.17 bits per heavy atom. The minimum absolute atomic E-state index is 0.00379. The number of nitrogens with zero attached hydrogens (tertiary/aromatic N) is 1. The maximum absolute atomic E-state index is 12.8. The number of carboxylic acids is 1. The summed E-state index contributed by atoms with van der Waals surface area (Å²) in [4.78, 5) is 38.2. The van der Waals surface area contributed by atoms with E-state index in [0.29, 0.717) is 29.8 Å². The Labute approximate surface area is 174 Å². The summed E-state index contributed by atoms with van der Waals surface area (Å²) in [6.45, 7) is 0.493. The van der Waals surface area contributed by atoms with E-state index in [1.54, 1.807) is 53.4 Å². The number of rotatable bonds is 8. The molecule has 30 heavy (non-hydrogen) atoms. The first-order valence-corrected chi connectivity index (χ1v) is 9.67. The number of carbonyl (C=O) groups excluding carboxylic acids is 2. The molecule has 2 aromatic carbocycles. The van der Waals surface area contributed by atoms with Crippen molar-refractivity contribution in [2.24, 2.45) is 11.7 Å². The zero-order valence-corrected chi connectivity index (χ0v) is 16.4. The number of carboxylic acid groups (broad SMARTS) is 1. The van der Waals surface area contributed by atoms with E-state index in [4.69, 9.17) is 16.2 Å². The Bertz CT molecular complexity index is 943. The Hall–Kier alpha value is -3.68. The quantitative estimate of drug-likeness (QED) is 0.391. The molecule has 8 nitrogen and oxygen atoms in total. The van der Waals surface area contributed by atoms with Crippen molar-refractivity contribution >= 4 is 29.3 Å². The van der Waals surface area contributed by atoms with E-state index in [-0.39, 0.29) is 30.5 Å². The van der Waals surface area contributed by atoms with Gasteiger partial charge in [0.25, 0.3) is 0 Å². The third kappa shape index (κ3) is 5.02. The minimum atomic E-state index is -1.01. The number of carbonyl (C=O) groups is 3. The first-order valence-electron chi connectivity index (χ1n) is 9.67. The van der Waals surface area contributed by atoms with Gasteiger partial charge in [-0.25, -0.2) is 0 Å². The van der Waals surface area contributed by atoms with Crippen molar-refractivity contribution in [2.75, 3.05) is 11.4 Å². The Kier molecular flexibility index (Phi) is 6.46. The number of hydrogen-bond acceptors (Lipinski definition) is 4. The van der Waals surface area contributed by atoms with Gasteiger partial charge in [0.2, 0.25) is 11.8 Å². The van der Waals surface area contributed by atoms with Crippen LogP contribution in [0.1, 0.15) is 36.4 Å². The highest BCUT2D eigenvalue weighted by molar-refractivity contribution is 6.00. The molecule has 5 N–H and O–H groups in total. The fourth-order valence-electron chi connectivity index (χ4n) is 3.59. The van der Waals surface area contributed by atoms with Crippen molar-refractivity contribution in [3.05, 3.63) is 65.7 Å². The predicted octanol–water partition coefficient (Wildman–Crippen LogP) is 2.05. The lowest BCUT2D eigenvalue weighted by Gasteiger charge is -2.19. The van der Waals surface area contributed by atoms with E-state index in [9.17, 15) is 14.4 Å². The lowest BCUT2D eigenvalue weighted by Crippen LogP contribution is -2.33. The number of hydrogen-bond donors (Lipinski definition) is 4. The first kappa shape index (κ1) is 21.0. The maximum atomic E-state index is 12.8. The number of nitrogen functional groups attached to an aromatic ring is 1. The number of anilines is 1. The number of nitrogens with one attached hydrogen (secondary N) is 2. The molecule has 0 spiro atoms. The van der Waals surface area contributed by atoms with Gasteiger partial charge in [-0.3, -0.25) is 19.8 Å². The van der Waals surface area contributed by atoms with E-state index in [0.717, 1.165) is 0 Å². The van der Waals surface area contributed by atoms with Crippen molar-refractivity contribution < 1.29 is 19.5 Å². The summed E-state index contributed by atoms with van der Waals surface area (Å²) in [7, 11) is 0. The van der Waals surface area contributed by atoms with Crippen LogP contribution in [0.25, 0.3) is 0 Å². The highest BCUT2D eigenvalue weighted by atomic mass is 16.4. The van der Waals surface area contributed by atoms with Gasteiger partial charge in [0.1, 0.15) is 5.84 Å². The van der Waals surface area contributed by atoms with Crippen molar-refractivity contribution in [1.29, 1.82) is 5.41 Å². The van der Waals surface area contributed by atoms with Gasteiger partial charge in [-0.05, 0) is 36.2 Å². The highest BCUT2D eigenvalue weighted by Crippen LogP contribution is 2.28. The molecule has 0 saturated carbocycles. The topological polar surface area (TPSA) is 137 Å². The van der Waals surface area contributed by atoms with Gasteiger partial charge in [0.15, 0.2) is 0 Å². The SMILES string of the molecule is N=C(N)c1ccc(N2CCC(CC(=O)NC(CC(=O)O)c3ccccc3)C2=O)cc1. The molecule has 3 rings (SSSR count). The number of aliphatic carboxylic acids is 1. The molecule has 1 fully saturated rings. The summed E-state index contributed by atoms with van der Waals surface area (Å²) >= 11 is 0. The molecule has 1 aliphatic rings. The van der Waals surface area contributed by atoms with Crippen LogP contribution in [0.4, 0.5) is 5.69 Å². The van der Waals surface area contributed by atoms with Crippen molar-refractivity contribution in [2.45, 2.75) is 25.3 Å². The zero-order chi connectivity index (χ0) is 21.7. The van der Waals surface area contributed by atoms with E-state index in [1.807, 2.05) is 6.07 Å². The average molecular weight is 408 g/mol. The van der Waals surface area contributed by atoms with Crippen LogP contribution in [0.3, 0.4) is 0 Å². The van der Waals surface area contributed by atoms with Crippen molar-refractivity contribution in [3.8, 4) is 0 Å². The molecular formula is C22H24N4O4. The van der Waals surface area contributed by atoms with Crippen LogP contribution in [-0.4, -0.2) is 35.3 Å². The van der Waals surface area contributed by atoms with Gasteiger partial charge in [-0.1, -0.05) is 30.3 Å². The summed E-state index contributed by atoms with van der Waals surface area (Å²) in [6, 6.07) is 15.1. The second-order valence-electron chi connectivity index (χ2n) is 7.27. The van der Waals surface area contributed by atoms with E-state index in [2.05, 4.69) is 5.32 Å². The monoisotopic (exact) mass is 408 g/mol. The number of nitrogens with two attached hydrogens (primary N) is 1. The second kappa shape index (κ2) is 9.21. The molecule has 2 atom stereocenters. The summed E-state index contributed by atoms with van der Waals surface area (Å²) in [5, 5.41) is 19.4. The van der Waals surface area contributed by atoms with Crippen LogP contribution >= 0.6 is 0 Å². The van der Waals surface area contributed by atoms with Gasteiger partial charge in [-0.2, -0.15) is 0 Å². The van der Waals surface area contributed by atoms with Crippen LogP contribution in [0.15, 0.2) is 54.6 Å². The van der Waals surface area contributed by atoms with Gasteiger partial charge in [0.05, 0.1) is 12.5 Å². The molecule has 0 bridgehead atoms. The fourth-order valence-corrected chi connectivity index (χ4v) is 3.59. The first-order chi connectivity index (χ1) is 14.3. The summed E-state index contributed by atoms with van der Waals surface area (Å²) in [6.07, 6.45) is 0.308. The third-order valence-electron chi connectivity index (χ3n) is 5.15. The van der Waals surface area contributed by atoms with Crippen LogP contribution in [0.5, 0.6) is 0 Å². The highest BCUT2D eigenvalue weighted by Gasteiger charge is 2.34. The van der Waals surface area contributed by atoms with E-state index >= 15 is 0 Å². The van der Waals surface area contributed by atoms with Gasteiger partial charge in [0, 0.05) is 30.1 Å². The van der Waals surface area contributed by atoms with Crippen molar-refractivity contribution in [1.82, 2.24) is 5.32 Å². The zero-order valence-electron chi connectivity index (χ0n) is 16.4. The maximum Gasteiger partial charge on any atom is 0.305 e. The van der Waals surface area contributed by atoms with Gasteiger partial charge < -0.3 is 21.1 Å². The number of amidine groups is 1. The number of benzene rings is 2. The van der Waals surface area contributed by atoms with Crippen molar-refractivity contribution in [3.63, 3.8) is 0 Å². The smallest absolute Gasteiger partial charge is 0.305 e. The average Bonchev–Trinajstić information content (AvgIpc) is 3.08. The molecule has 0 radical (unpaired) electrons. The Morgan fingerprint density at radius 3 is 2.43 bits per heavy atom. The molecule has 8 heteroatoms. The van der Waals surface area contributed by atoms with E-state index < -0.39 is 17.9 Å². The largest absolute Gasteiger partial charge is 0.481 e. The van der Waals surface area contributed by atoms with Crippen LogP contribution < -0.4 is 16.0 Å². The summed E-state index contributed by atoms with van der Waals surface area (Å²) in [5.41, 5.74) is 7.43. The summed E-state index contributed by atoms with van der Waals surface area (Å²) in [5.74, 6) is -2.01. The minimum Gasteiger partial charge on any atom is -0.481 e. The van der Waals surface area contributed by atoms with Crippen LogP contribution in [0, 0.1) is 11.3 Å². The van der Waals surface area contributed by atoms with Gasteiger partial charge >= 0.3 is 5.97 Å². The lowest BCUT2D eigenvalue weighted by atomic mass is 10.0. The molecule has 1 saturated heterocycles. The standard InChI is InChI=1S/C22H24N4O4/c23-21(24)15-6-8-17(9-7-15)26-11-10-16(22(26)30)12-19(27)25-18(13-20(28)29)14-4-2-1-3-5-14/h1-9,16,18H,10-13H2,(H3,23,24)(H,25,27)(H,28,29). The molecule has 0 aliphatic carbocycles. The Balaban J connectivity index is 1.63. The van der Waals surface area contributed by atoms with Gasteiger partial charge in [-0.15, -0.1) is 0 Å². The predicted molar refractivity (Wildman–Crippen MR) is 112 cm³/mol. The Morgan fingerprint density at radius 2 is 1.83 bits per heavy atom. The molecule has 2 aromatic rings. The normalized spacial score (nSPS) is 16.9. The number of amides is 2. The third-order valence-corrected chi connectivity index (χ3v) is 5.15. The molecule has 0 aromatic heterocycles. The second-order valence-corrected chi connectivity index (χ2v) is 7.27. The van der Waals surface area contributed by atoms with Crippen LogP contribution in [0.2, 0.25) is 0 Å². The molecule has 1 heterocycles. The van der Waals surface area contributed by atoms with Crippen LogP contribution in [-0.2, 0) is 14.4 Å². The molecule has 2 amide bonds. The molecule has 1 aliphatic heterocycles. The van der Waals surface area contributed by atoms with E-state index in [1.165, 1.54) is 0 Å².